The van der Waals surface area contributed by atoms with E-state index in [0.29, 0.717) is 10.6 Å². The lowest BCUT2D eigenvalue weighted by atomic mass is 10.2. The Kier molecular flexibility index (Phi) is 4.95. The highest BCUT2D eigenvalue weighted by Gasteiger charge is 2.09. The van der Waals surface area contributed by atoms with Crippen molar-refractivity contribution in [3.05, 3.63) is 58.9 Å². The summed E-state index contributed by atoms with van der Waals surface area (Å²) in [5, 5.41) is 11.6. The van der Waals surface area contributed by atoms with Crippen LogP contribution in [0.25, 0.3) is 11.4 Å². The lowest BCUT2D eigenvalue weighted by molar-refractivity contribution is 0.415. The van der Waals surface area contributed by atoms with Gasteiger partial charge in [0, 0.05) is 25.3 Å². The van der Waals surface area contributed by atoms with Crippen molar-refractivity contribution in [2.45, 2.75) is 0 Å². The maximum Gasteiger partial charge on any atom is 0.216 e. The van der Waals surface area contributed by atoms with E-state index in [1.165, 1.54) is 0 Å². The minimum absolute atomic E-state index is 0.430. The van der Waals surface area contributed by atoms with Gasteiger partial charge in [0.05, 0.1) is 13.3 Å². The maximum absolute atomic E-state index is 5.30. The van der Waals surface area contributed by atoms with Crippen molar-refractivity contribution < 1.29 is 4.74 Å². The fourth-order valence-corrected chi connectivity index (χ4v) is 2.51. The molecule has 3 rings (SSSR count). The molecule has 0 atom stereocenters. The largest absolute Gasteiger partial charge is 0.497 e. The maximum atomic E-state index is 5.30. The van der Waals surface area contributed by atoms with Gasteiger partial charge in [-0.15, -0.1) is 0 Å². The Morgan fingerprint density at radius 2 is 1.96 bits per heavy atom. The van der Waals surface area contributed by atoms with Gasteiger partial charge in [-0.3, -0.25) is 0 Å². The van der Waals surface area contributed by atoms with Gasteiger partial charge in [-0.25, -0.2) is 5.10 Å². The van der Waals surface area contributed by atoms with Crippen molar-refractivity contribution in [1.82, 2.24) is 14.9 Å². The van der Waals surface area contributed by atoms with Crippen molar-refractivity contribution in [3.8, 4) is 17.1 Å². The lowest BCUT2D eigenvalue weighted by Crippen LogP contribution is -2.08. The third kappa shape index (κ3) is 3.77. The molecular formula is C18H19N5OS. The number of nitrogens with one attached hydrogen (secondary N) is 1. The number of hydrogen-bond acceptors (Lipinski definition) is 5. The van der Waals surface area contributed by atoms with Crippen LogP contribution in [0.2, 0.25) is 0 Å². The first-order valence-electron chi connectivity index (χ1n) is 7.72. The van der Waals surface area contributed by atoms with Gasteiger partial charge in [-0.2, -0.15) is 14.9 Å². The summed E-state index contributed by atoms with van der Waals surface area (Å²) in [6.07, 6.45) is 1.76. The van der Waals surface area contributed by atoms with Crippen LogP contribution in [0, 0.1) is 4.77 Å². The molecule has 0 spiro atoms. The number of methoxy groups -OCH3 is 1. The highest BCUT2D eigenvalue weighted by molar-refractivity contribution is 7.71. The van der Waals surface area contributed by atoms with Crippen molar-refractivity contribution in [3.63, 3.8) is 0 Å². The van der Waals surface area contributed by atoms with Crippen LogP contribution in [0.3, 0.4) is 0 Å². The van der Waals surface area contributed by atoms with Crippen molar-refractivity contribution in [1.29, 1.82) is 0 Å². The number of hydrogen-bond donors (Lipinski definition) is 1. The van der Waals surface area contributed by atoms with E-state index in [1.54, 1.807) is 18.0 Å². The second-order valence-corrected chi connectivity index (χ2v) is 6.01. The highest BCUT2D eigenvalue weighted by Crippen LogP contribution is 2.22. The van der Waals surface area contributed by atoms with E-state index in [2.05, 4.69) is 15.3 Å². The topological polar surface area (TPSA) is 58.4 Å². The van der Waals surface area contributed by atoms with Crippen LogP contribution >= 0.6 is 12.2 Å². The second kappa shape index (κ2) is 7.31. The van der Waals surface area contributed by atoms with Crippen molar-refractivity contribution in [2.75, 3.05) is 26.1 Å². The van der Waals surface area contributed by atoms with E-state index in [4.69, 9.17) is 17.0 Å². The van der Waals surface area contributed by atoms with Crippen LogP contribution in [0.15, 0.2) is 53.6 Å². The highest BCUT2D eigenvalue weighted by atomic mass is 32.1. The molecule has 1 N–H and O–H groups in total. The Labute approximate surface area is 151 Å². The summed E-state index contributed by atoms with van der Waals surface area (Å²) < 4.78 is 7.30. The molecule has 0 aliphatic rings. The van der Waals surface area contributed by atoms with Gasteiger partial charge in [0.1, 0.15) is 5.75 Å². The standard InChI is InChI=1S/C18H19N5OS/c1-22(2)15-9-7-13(8-10-15)12-19-23-17(20-21-18(23)25)14-5-4-6-16(11-14)24-3/h4-12H,1-3H3,(H,21,25)/b19-12-. The van der Waals surface area contributed by atoms with Crippen LogP contribution < -0.4 is 9.64 Å². The minimum Gasteiger partial charge on any atom is -0.497 e. The normalized spacial score (nSPS) is 11.0. The number of aromatic nitrogens is 3. The molecule has 25 heavy (non-hydrogen) atoms. The zero-order valence-corrected chi connectivity index (χ0v) is 15.1. The van der Waals surface area contributed by atoms with E-state index < -0.39 is 0 Å². The molecule has 7 heteroatoms. The summed E-state index contributed by atoms with van der Waals surface area (Å²) in [7, 11) is 5.65. The minimum atomic E-state index is 0.430. The van der Waals surface area contributed by atoms with Crippen LogP contribution in [-0.4, -0.2) is 42.3 Å². The first-order chi connectivity index (χ1) is 12.1. The molecule has 6 nitrogen and oxygen atoms in total. The van der Waals surface area contributed by atoms with E-state index in [0.717, 1.165) is 22.6 Å². The number of benzene rings is 2. The molecule has 128 valence electrons. The number of nitrogens with zero attached hydrogens (tertiary/aromatic N) is 4. The Hall–Kier alpha value is -2.93. The van der Waals surface area contributed by atoms with Gasteiger partial charge >= 0.3 is 0 Å². The van der Waals surface area contributed by atoms with Crippen LogP contribution in [0.4, 0.5) is 5.69 Å². The van der Waals surface area contributed by atoms with E-state index >= 15 is 0 Å². The molecule has 0 aliphatic heterocycles. The molecule has 3 aromatic rings. The zero-order valence-electron chi connectivity index (χ0n) is 14.3. The summed E-state index contributed by atoms with van der Waals surface area (Å²) >= 11 is 5.30. The number of H-pyrrole nitrogens is 1. The fourth-order valence-electron chi connectivity index (χ4n) is 2.33. The third-order valence-corrected chi connectivity index (χ3v) is 3.97. The smallest absolute Gasteiger partial charge is 0.216 e. The third-order valence-electron chi connectivity index (χ3n) is 3.71. The number of aromatic amines is 1. The van der Waals surface area contributed by atoms with Gasteiger partial charge < -0.3 is 9.64 Å². The van der Waals surface area contributed by atoms with E-state index in [1.807, 2.05) is 67.5 Å². The van der Waals surface area contributed by atoms with E-state index in [9.17, 15) is 0 Å². The zero-order chi connectivity index (χ0) is 17.8. The average Bonchev–Trinajstić information content (AvgIpc) is 3.01. The average molecular weight is 353 g/mol. The van der Waals surface area contributed by atoms with Gasteiger partial charge in [0.25, 0.3) is 0 Å². The molecule has 1 heterocycles. The SMILES string of the molecule is COc1cccc(-c2n[nH]c(=S)n2/N=C\c2ccc(N(C)C)cc2)c1. The molecule has 0 bridgehead atoms. The lowest BCUT2D eigenvalue weighted by Gasteiger charge is -2.11. The molecule has 0 radical (unpaired) electrons. The summed E-state index contributed by atoms with van der Waals surface area (Å²) in [4.78, 5) is 2.05. The molecule has 0 saturated heterocycles. The summed E-state index contributed by atoms with van der Waals surface area (Å²) in [6.45, 7) is 0. The van der Waals surface area contributed by atoms with Crippen LogP contribution in [0.5, 0.6) is 5.75 Å². The fraction of sp³-hybridized carbons (Fsp3) is 0.167. The number of anilines is 1. The predicted octanol–water partition coefficient (Wildman–Crippen LogP) is 3.56. The Bertz CT molecular complexity index is 941. The Morgan fingerprint density at radius 3 is 2.64 bits per heavy atom. The summed E-state index contributed by atoms with van der Waals surface area (Å²) in [6, 6.07) is 15.7. The molecular weight excluding hydrogens is 334 g/mol. The van der Waals surface area contributed by atoms with Gasteiger partial charge in [-0.1, -0.05) is 24.3 Å². The summed E-state index contributed by atoms with van der Waals surface area (Å²) in [5.74, 6) is 1.38. The predicted molar refractivity (Wildman–Crippen MR) is 103 cm³/mol. The first-order valence-corrected chi connectivity index (χ1v) is 8.13. The Balaban J connectivity index is 1.92. The van der Waals surface area contributed by atoms with Crippen LogP contribution in [0.1, 0.15) is 5.56 Å². The molecule has 2 aromatic carbocycles. The van der Waals surface area contributed by atoms with Crippen molar-refractivity contribution >= 4 is 24.1 Å². The van der Waals surface area contributed by atoms with Crippen molar-refractivity contribution in [2.24, 2.45) is 5.10 Å². The number of rotatable bonds is 5. The molecule has 0 fully saturated rings. The molecule has 0 amide bonds. The van der Waals surface area contributed by atoms with E-state index in [-0.39, 0.29) is 0 Å². The van der Waals surface area contributed by atoms with Gasteiger partial charge in [0.2, 0.25) is 4.77 Å². The van der Waals surface area contributed by atoms with Crippen LogP contribution in [-0.2, 0) is 0 Å². The monoisotopic (exact) mass is 353 g/mol. The Morgan fingerprint density at radius 1 is 1.20 bits per heavy atom. The second-order valence-electron chi connectivity index (χ2n) is 5.63. The first kappa shape index (κ1) is 16.9. The number of ether oxygens (including phenoxy) is 1. The molecule has 1 aromatic heterocycles. The molecule has 0 saturated carbocycles. The molecule has 0 aliphatic carbocycles. The summed E-state index contributed by atoms with van der Waals surface area (Å²) in [5.41, 5.74) is 2.98. The van der Waals surface area contributed by atoms with Gasteiger partial charge in [0.15, 0.2) is 5.82 Å². The molecule has 0 unspecified atom stereocenters. The quantitative estimate of drug-likeness (QED) is 0.563. The van der Waals surface area contributed by atoms with Gasteiger partial charge in [-0.05, 0) is 42.0 Å².